The SMILES string of the molecule is COc1ccc(CNC(=O)c2cnn(-c3cccc(C)c3)c2-n2cccc2)cc1OC. The highest BCUT2D eigenvalue weighted by Crippen LogP contribution is 2.27. The van der Waals surface area contributed by atoms with Gasteiger partial charge in [0.15, 0.2) is 17.3 Å². The highest BCUT2D eigenvalue weighted by molar-refractivity contribution is 5.97. The Balaban J connectivity index is 1.63. The maximum absolute atomic E-state index is 13.1. The Bertz CT molecular complexity index is 1200. The number of carbonyl (C=O) groups excluding carboxylic acids is 1. The van der Waals surface area contributed by atoms with Crippen molar-refractivity contribution >= 4 is 5.91 Å². The minimum absolute atomic E-state index is 0.211. The first-order valence-corrected chi connectivity index (χ1v) is 9.88. The van der Waals surface area contributed by atoms with Gasteiger partial charge < -0.3 is 19.4 Å². The first kappa shape index (κ1) is 20.3. The molecule has 0 saturated carbocycles. The molecule has 4 rings (SSSR count). The molecule has 0 bridgehead atoms. The average Bonchev–Trinajstić information content (AvgIpc) is 3.46. The lowest BCUT2D eigenvalue weighted by atomic mass is 10.2. The Hall–Kier alpha value is -4.00. The molecule has 0 aliphatic rings. The molecule has 0 spiro atoms. The molecule has 4 aromatic rings. The molecule has 1 amide bonds. The summed E-state index contributed by atoms with van der Waals surface area (Å²) in [5.74, 6) is 1.74. The van der Waals surface area contributed by atoms with Crippen LogP contribution in [0.1, 0.15) is 21.5 Å². The number of amides is 1. The fraction of sp³-hybridized carbons (Fsp3) is 0.167. The molecule has 0 saturated heterocycles. The van der Waals surface area contributed by atoms with Gasteiger partial charge in [0.25, 0.3) is 5.91 Å². The maximum Gasteiger partial charge on any atom is 0.256 e. The highest BCUT2D eigenvalue weighted by Gasteiger charge is 2.20. The van der Waals surface area contributed by atoms with E-state index in [0.717, 1.165) is 16.8 Å². The molecular weight excluding hydrogens is 392 g/mol. The van der Waals surface area contributed by atoms with Crippen molar-refractivity contribution in [1.29, 1.82) is 0 Å². The molecule has 0 aliphatic heterocycles. The molecule has 0 atom stereocenters. The van der Waals surface area contributed by atoms with Crippen molar-refractivity contribution in [2.45, 2.75) is 13.5 Å². The summed E-state index contributed by atoms with van der Waals surface area (Å²) < 4.78 is 14.3. The van der Waals surface area contributed by atoms with Gasteiger partial charge in [-0.25, -0.2) is 4.68 Å². The second kappa shape index (κ2) is 8.79. The minimum Gasteiger partial charge on any atom is -0.493 e. The van der Waals surface area contributed by atoms with Crippen molar-refractivity contribution in [2.75, 3.05) is 14.2 Å². The fourth-order valence-corrected chi connectivity index (χ4v) is 3.44. The zero-order valence-corrected chi connectivity index (χ0v) is 17.7. The average molecular weight is 416 g/mol. The molecule has 2 heterocycles. The number of methoxy groups -OCH3 is 2. The second-order valence-electron chi connectivity index (χ2n) is 7.09. The van der Waals surface area contributed by atoms with Gasteiger partial charge in [-0.3, -0.25) is 4.79 Å². The van der Waals surface area contributed by atoms with E-state index in [9.17, 15) is 4.79 Å². The first-order valence-electron chi connectivity index (χ1n) is 9.88. The lowest BCUT2D eigenvalue weighted by Crippen LogP contribution is -2.24. The van der Waals surface area contributed by atoms with Crippen LogP contribution in [-0.2, 0) is 6.54 Å². The topological polar surface area (TPSA) is 70.3 Å². The number of rotatable bonds is 7. The van der Waals surface area contributed by atoms with Crippen LogP contribution in [0, 0.1) is 6.92 Å². The summed E-state index contributed by atoms with van der Waals surface area (Å²) in [6, 6.07) is 17.4. The number of aromatic nitrogens is 3. The highest BCUT2D eigenvalue weighted by atomic mass is 16.5. The first-order chi connectivity index (χ1) is 15.1. The molecular formula is C24H24N4O3. The van der Waals surface area contributed by atoms with Crippen LogP contribution in [0.3, 0.4) is 0 Å². The second-order valence-corrected chi connectivity index (χ2v) is 7.09. The number of nitrogens with one attached hydrogen (secondary N) is 1. The Labute approximate surface area is 180 Å². The zero-order chi connectivity index (χ0) is 21.8. The van der Waals surface area contributed by atoms with Gasteiger partial charge in [-0.15, -0.1) is 0 Å². The number of nitrogens with zero attached hydrogens (tertiary/aromatic N) is 3. The molecule has 0 unspecified atom stereocenters. The molecule has 158 valence electrons. The summed E-state index contributed by atoms with van der Waals surface area (Å²) >= 11 is 0. The van der Waals surface area contributed by atoms with Crippen molar-refractivity contribution in [3.05, 3.63) is 89.9 Å². The van der Waals surface area contributed by atoms with E-state index >= 15 is 0 Å². The third kappa shape index (κ3) is 4.16. The van der Waals surface area contributed by atoms with Gasteiger partial charge in [0.1, 0.15) is 5.56 Å². The van der Waals surface area contributed by atoms with Gasteiger partial charge in [-0.05, 0) is 54.4 Å². The smallest absolute Gasteiger partial charge is 0.256 e. The van der Waals surface area contributed by atoms with Gasteiger partial charge in [-0.1, -0.05) is 18.2 Å². The van der Waals surface area contributed by atoms with E-state index in [1.807, 2.05) is 78.5 Å². The third-order valence-corrected chi connectivity index (χ3v) is 4.98. The number of benzene rings is 2. The molecule has 1 N–H and O–H groups in total. The molecule has 2 aromatic carbocycles. The summed E-state index contributed by atoms with van der Waals surface area (Å²) in [6.45, 7) is 2.37. The fourth-order valence-electron chi connectivity index (χ4n) is 3.44. The Morgan fingerprint density at radius 2 is 1.77 bits per heavy atom. The van der Waals surface area contributed by atoms with Crippen molar-refractivity contribution in [3.63, 3.8) is 0 Å². The maximum atomic E-state index is 13.1. The van der Waals surface area contributed by atoms with E-state index in [2.05, 4.69) is 10.4 Å². The van der Waals surface area contributed by atoms with Crippen molar-refractivity contribution < 1.29 is 14.3 Å². The monoisotopic (exact) mass is 416 g/mol. The van der Waals surface area contributed by atoms with Crippen LogP contribution in [0.25, 0.3) is 11.5 Å². The van der Waals surface area contributed by atoms with Crippen molar-refractivity contribution in [2.24, 2.45) is 0 Å². The summed E-state index contributed by atoms with van der Waals surface area (Å²) in [6.07, 6.45) is 5.39. The summed E-state index contributed by atoms with van der Waals surface area (Å²) in [5, 5.41) is 7.49. The van der Waals surface area contributed by atoms with E-state index in [-0.39, 0.29) is 5.91 Å². The number of ether oxygens (including phenoxy) is 2. The molecule has 0 radical (unpaired) electrons. The van der Waals surface area contributed by atoms with E-state index in [0.29, 0.717) is 29.4 Å². The van der Waals surface area contributed by atoms with Gasteiger partial charge in [0, 0.05) is 18.9 Å². The van der Waals surface area contributed by atoms with Crippen LogP contribution >= 0.6 is 0 Å². The van der Waals surface area contributed by atoms with Gasteiger partial charge in [-0.2, -0.15) is 5.10 Å². The van der Waals surface area contributed by atoms with Crippen LogP contribution < -0.4 is 14.8 Å². The molecule has 31 heavy (non-hydrogen) atoms. The van der Waals surface area contributed by atoms with E-state index in [4.69, 9.17) is 9.47 Å². The molecule has 7 heteroatoms. The molecule has 0 aliphatic carbocycles. The minimum atomic E-state index is -0.211. The van der Waals surface area contributed by atoms with Gasteiger partial charge in [0.2, 0.25) is 0 Å². The Morgan fingerprint density at radius 1 is 1.00 bits per heavy atom. The summed E-state index contributed by atoms with van der Waals surface area (Å²) in [4.78, 5) is 13.1. The summed E-state index contributed by atoms with van der Waals surface area (Å²) in [5.41, 5.74) is 3.39. The number of hydrogen-bond acceptors (Lipinski definition) is 4. The largest absolute Gasteiger partial charge is 0.493 e. The van der Waals surface area contributed by atoms with Gasteiger partial charge >= 0.3 is 0 Å². The quantitative estimate of drug-likeness (QED) is 0.496. The van der Waals surface area contributed by atoms with Gasteiger partial charge in [0.05, 0.1) is 26.1 Å². The third-order valence-electron chi connectivity index (χ3n) is 4.98. The number of aryl methyl sites for hydroxylation is 1. The molecule has 2 aromatic heterocycles. The van der Waals surface area contributed by atoms with E-state index < -0.39 is 0 Å². The van der Waals surface area contributed by atoms with E-state index in [1.165, 1.54) is 0 Å². The van der Waals surface area contributed by atoms with Crippen LogP contribution in [0.2, 0.25) is 0 Å². The van der Waals surface area contributed by atoms with Crippen LogP contribution in [0.4, 0.5) is 0 Å². The normalized spacial score (nSPS) is 10.7. The van der Waals surface area contributed by atoms with E-state index in [1.54, 1.807) is 25.1 Å². The Kier molecular flexibility index (Phi) is 5.75. The number of hydrogen-bond donors (Lipinski definition) is 1. The van der Waals surface area contributed by atoms with Crippen LogP contribution in [-0.4, -0.2) is 34.5 Å². The van der Waals surface area contributed by atoms with Crippen molar-refractivity contribution in [3.8, 4) is 23.0 Å². The molecule has 7 nitrogen and oxygen atoms in total. The zero-order valence-electron chi connectivity index (χ0n) is 17.7. The Morgan fingerprint density at radius 3 is 2.48 bits per heavy atom. The standard InChI is InChI=1S/C24H24N4O3/c1-17-7-6-8-19(13-17)28-24(27-11-4-5-12-27)20(16-26-28)23(29)25-15-18-9-10-21(30-2)22(14-18)31-3/h4-14,16H,15H2,1-3H3,(H,25,29). The summed E-state index contributed by atoms with van der Waals surface area (Å²) in [7, 11) is 3.18. The van der Waals surface area contributed by atoms with Crippen molar-refractivity contribution in [1.82, 2.24) is 19.7 Å². The van der Waals surface area contributed by atoms with Crippen LogP contribution in [0.5, 0.6) is 11.5 Å². The molecule has 0 fully saturated rings. The van der Waals surface area contributed by atoms with Crippen LogP contribution in [0.15, 0.2) is 73.2 Å². The predicted octanol–water partition coefficient (Wildman–Crippen LogP) is 3.92. The predicted molar refractivity (Wildman–Crippen MR) is 118 cm³/mol. The lowest BCUT2D eigenvalue weighted by Gasteiger charge is -2.12. The lowest BCUT2D eigenvalue weighted by molar-refractivity contribution is 0.0951. The number of carbonyl (C=O) groups is 1.